The molecule has 6 heteroatoms. The quantitative estimate of drug-likeness (QED) is 0.563. The lowest BCUT2D eigenvalue weighted by molar-refractivity contribution is -0.288. The Morgan fingerprint density at radius 1 is 1.36 bits per heavy atom. The number of carbonyl (C=O) groups excluding carboxylic acids is 1. The van der Waals surface area contributed by atoms with E-state index in [1.807, 2.05) is 0 Å². The Morgan fingerprint density at radius 2 is 1.91 bits per heavy atom. The van der Waals surface area contributed by atoms with Crippen molar-refractivity contribution in [3.63, 3.8) is 0 Å². The van der Waals surface area contributed by atoms with Gasteiger partial charge in [0.25, 0.3) is 0 Å². The van der Waals surface area contributed by atoms with E-state index >= 15 is 0 Å². The first-order valence-corrected chi connectivity index (χ1v) is 2.90. The zero-order valence-corrected chi connectivity index (χ0v) is 5.57. The predicted molar refractivity (Wildman–Crippen MR) is 26.6 cm³/mol. The smallest absolute Gasteiger partial charge is 0.386 e. The molecule has 1 atom stereocenters. The van der Waals surface area contributed by atoms with Gasteiger partial charge in [0.2, 0.25) is 0 Å². The van der Waals surface area contributed by atoms with Gasteiger partial charge >= 0.3 is 18.1 Å². The van der Waals surface area contributed by atoms with Gasteiger partial charge in [0, 0.05) is 6.42 Å². The maximum atomic E-state index is 12.8. The molecule has 0 bridgehead atoms. The first kappa shape index (κ1) is 8.16. The molecule has 1 saturated heterocycles. The number of carbonyl (C=O) groups is 1. The first-order chi connectivity index (χ1) is 4.91. The van der Waals surface area contributed by atoms with Gasteiger partial charge in [-0.15, -0.1) is 0 Å². The lowest BCUT2D eigenvalue weighted by atomic mass is 10.2. The highest BCUT2D eigenvalue weighted by Crippen LogP contribution is 2.42. The number of ether oxygens (including phenoxy) is 2. The van der Waals surface area contributed by atoms with Crippen molar-refractivity contribution in [2.75, 3.05) is 0 Å². The SMILES string of the molecule is CCC1(F)OC(=O)OC1(F)F. The summed E-state index contributed by atoms with van der Waals surface area (Å²) in [4.78, 5) is 10.1. The van der Waals surface area contributed by atoms with E-state index in [9.17, 15) is 18.0 Å². The van der Waals surface area contributed by atoms with Crippen LogP contribution in [0.4, 0.5) is 18.0 Å². The van der Waals surface area contributed by atoms with E-state index in [0.29, 0.717) is 0 Å². The molecule has 0 N–H and O–H groups in total. The number of halogens is 3. The third-order valence-electron chi connectivity index (χ3n) is 1.35. The van der Waals surface area contributed by atoms with E-state index in [0.717, 1.165) is 6.92 Å². The Morgan fingerprint density at radius 3 is 2.09 bits per heavy atom. The Balaban J connectivity index is 2.89. The summed E-state index contributed by atoms with van der Waals surface area (Å²) < 4.78 is 44.3. The maximum absolute atomic E-state index is 12.8. The second-order valence-corrected chi connectivity index (χ2v) is 2.05. The van der Waals surface area contributed by atoms with Gasteiger partial charge in [-0.3, -0.25) is 0 Å². The summed E-state index contributed by atoms with van der Waals surface area (Å²) in [5.74, 6) is -3.30. The van der Waals surface area contributed by atoms with Crippen LogP contribution in [0.1, 0.15) is 13.3 Å². The molecule has 1 fully saturated rings. The molecule has 1 unspecified atom stereocenters. The van der Waals surface area contributed by atoms with Crippen LogP contribution in [0, 0.1) is 0 Å². The fourth-order valence-electron chi connectivity index (χ4n) is 0.671. The van der Waals surface area contributed by atoms with E-state index < -0.39 is 24.5 Å². The molecule has 0 spiro atoms. The van der Waals surface area contributed by atoms with Crippen molar-refractivity contribution >= 4 is 6.16 Å². The zero-order valence-electron chi connectivity index (χ0n) is 5.57. The summed E-state index contributed by atoms with van der Waals surface area (Å²) in [6.07, 6.45) is -6.50. The van der Waals surface area contributed by atoms with Gasteiger partial charge in [-0.1, -0.05) is 6.92 Å². The largest absolute Gasteiger partial charge is 0.516 e. The summed E-state index contributed by atoms with van der Waals surface area (Å²) in [6.45, 7) is 1.12. The van der Waals surface area contributed by atoms with Gasteiger partial charge < -0.3 is 9.47 Å². The lowest BCUT2D eigenvalue weighted by Gasteiger charge is -2.18. The number of hydrogen-bond donors (Lipinski definition) is 0. The molecule has 1 aliphatic rings. The van der Waals surface area contributed by atoms with Crippen LogP contribution in [0.25, 0.3) is 0 Å². The Hall–Kier alpha value is -0.940. The minimum atomic E-state index is -4.17. The number of hydrogen-bond acceptors (Lipinski definition) is 3. The zero-order chi connectivity index (χ0) is 8.70. The average Bonchev–Trinajstić information content (AvgIpc) is 2.03. The predicted octanol–water partition coefficient (Wildman–Crippen LogP) is 1.82. The van der Waals surface area contributed by atoms with E-state index in [1.165, 1.54) is 0 Å². The first-order valence-electron chi connectivity index (χ1n) is 2.90. The number of rotatable bonds is 1. The number of cyclic esters (lactones) is 2. The maximum Gasteiger partial charge on any atom is 0.516 e. The van der Waals surface area contributed by atoms with Crippen LogP contribution in [0.5, 0.6) is 0 Å². The second kappa shape index (κ2) is 2.02. The van der Waals surface area contributed by atoms with Crippen molar-refractivity contribution in [2.24, 2.45) is 0 Å². The minimum absolute atomic E-state index is 0.647. The van der Waals surface area contributed by atoms with Gasteiger partial charge in [0.05, 0.1) is 0 Å². The van der Waals surface area contributed by atoms with Crippen molar-refractivity contribution < 1.29 is 27.4 Å². The second-order valence-electron chi connectivity index (χ2n) is 2.05. The van der Waals surface area contributed by atoms with Crippen molar-refractivity contribution in [1.82, 2.24) is 0 Å². The molecule has 0 aliphatic carbocycles. The molecule has 0 aromatic rings. The number of alkyl halides is 3. The Bertz CT molecular complexity index is 193. The van der Waals surface area contributed by atoms with Gasteiger partial charge in [0.1, 0.15) is 0 Å². The highest BCUT2D eigenvalue weighted by molar-refractivity contribution is 5.63. The summed E-state index contributed by atoms with van der Waals surface area (Å²) >= 11 is 0. The van der Waals surface area contributed by atoms with Crippen molar-refractivity contribution in [3.05, 3.63) is 0 Å². The molecular weight excluding hydrogens is 165 g/mol. The molecule has 0 aromatic heterocycles. The van der Waals surface area contributed by atoms with Crippen LogP contribution in [0.3, 0.4) is 0 Å². The molecule has 0 aromatic carbocycles. The molecule has 1 heterocycles. The monoisotopic (exact) mass is 170 g/mol. The molecule has 3 nitrogen and oxygen atoms in total. The molecule has 0 saturated carbocycles. The van der Waals surface area contributed by atoms with Crippen molar-refractivity contribution in [1.29, 1.82) is 0 Å². The fraction of sp³-hybridized carbons (Fsp3) is 0.800. The van der Waals surface area contributed by atoms with Crippen LogP contribution in [0.2, 0.25) is 0 Å². The van der Waals surface area contributed by atoms with Crippen molar-refractivity contribution in [2.45, 2.75) is 25.3 Å². The topological polar surface area (TPSA) is 35.5 Å². The van der Waals surface area contributed by atoms with Gasteiger partial charge in [-0.2, -0.15) is 13.2 Å². The van der Waals surface area contributed by atoms with Crippen LogP contribution in [-0.4, -0.2) is 18.1 Å². The van der Waals surface area contributed by atoms with E-state index in [1.54, 1.807) is 0 Å². The normalized spacial score (nSPS) is 34.7. The highest BCUT2D eigenvalue weighted by atomic mass is 19.3. The van der Waals surface area contributed by atoms with E-state index in [4.69, 9.17) is 0 Å². The third kappa shape index (κ3) is 1.02. The standard InChI is InChI=1S/C5H5F3O3/c1-2-4(6)5(7,8)11-3(9)10-4/h2H2,1H3. The Labute approximate surface area is 60.1 Å². The van der Waals surface area contributed by atoms with E-state index in [-0.39, 0.29) is 0 Å². The van der Waals surface area contributed by atoms with Crippen LogP contribution >= 0.6 is 0 Å². The molecule has 0 amide bonds. The highest BCUT2D eigenvalue weighted by Gasteiger charge is 2.67. The summed E-state index contributed by atoms with van der Waals surface area (Å²) in [6, 6.07) is 0. The molecule has 11 heavy (non-hydrogen) atoms. The van der Waals surface area contributed by atoms with Crippen LogP contribution in [0.15, 0.2) is 0 Å². The lowest BCUT2D eigenvalue weighted by Crippen LogP contribution is -2.40. The van der Waals surface area contributed by atoms with Crippen LogP contribution < -0.4 is 0 Å². The Kier molecular flexibility index (Phi) is 1.50. The van der Waals surface area contributed by atoms with Gasteiger partial charge in [-0.05, 0) is 0 Å². The van der Waals surface area contributed by atoms with Gasteiger partial charge in [-0.25, -0.2) is 4.79 Å². The minimum Gasteiger partial charge on any atom is -0.386 e. The summed E-state index contributed by atoms with van der Waals surface area (Å²) in [5, 5.41) is 0. The fourth-order valence-corrected chi connectivity index (χ4v) is 0.671. The average molecular weight is 170 g/mol. The van der Waals surface area contributed by atoms with Crippen molar-refractivity contribution in [3.8, 4) is 0 Å². The van der Waals surface area contributed by atoms with E-state index in [2.05, 4.69) is 9.47 Å². The molecule has 64 valence electrons. The third-order valence-corrected chi connectivity index (χ3v) is 1.35. The van der Waals surface area contributed by atoms with Crippen LogP contribution in [-0.2, 0) is 9.47 Å². The molecule has 1 rings (SSSR count). The summed E-state index contributed by atoms with van der Waals surface area (Å²) in [5.41, 5.74) is 0. The molecule has 1 aliphatic heterocycles. The molecule has 0 radical (unpaired) electrons. The molecular formula is C5H5F3O3. The summed E-state index contributed by atoms with van der Waals surface area (Å²) in [7, 11) is 0. The van der Waals surface area contributed by atoms with Gasteiger partial charge in [0.15, 0.2) is 0 Å².